The fraction of sp³-hybridized carbons (Fsp3) is 0.714. The summed E-state index contributed by atoms with van der Waals surface area (Å²) in [6.45, 7) is 12.8. The van der Waals surface area contributed by atoms with Crippen molar-refractivity contribution in [1.29, 1.82) is 0 Å². The molecular formula is C14H25N3O. The van der Waals surface area contributed by atoms with E-state index < -0.39 is 0 Å². The van der Waals surface area contributed by atoms with Crippen molar-refractivity contribution in [2.75, 3.05) is 13.2 Å². The van der Waals surface area contributed by atoms with Crippen LogP contribution in [0.15, 0.2) is 6.20 Å². The number of hydrogen-bond acceptors (Lipinski definition) is 4. The van der Waals surface area contributed by atoms with Gasteiger partial charge in [-0.2, -0.15) is 0 Å². The maximum absolute atomic E-state index is 5.72. The van der Waals surface area contributed by atoms with Gasteiger partial charge in [-0.15, -0.1) is 0 Å². The molecule has 0 aromatic carbocycles. The molecule has 0 spiro atoms. The lowest BCUT2D eigenvalue weighted by Crippen LogP contribution is -2.18. The standard InChI is InChI=1S/C14H25N3O/c1-6-15-8-12-9-16-14(17-11(12)5)13(10(3)4)18-7-2/h9-10,13,15H,6-8H2,1-5H3. The van der Waals surface area contributed by atoms with Crippen LogP contribution < -0.4 is 5.32 Å². The number of aromatic nitrogens is 2. The summed E-state index contributed by atoms with van der Waals surface area (Å²) in [4.78, 5) is 9.05. The van der Waals surface area contributed by atoms with Crippen molar-refractivity contribution in [3.8, 4) is 0 Å². The molecule has 0 fully saturated rings. The first-order valence-corrected chi connectivity index (χ1v) is 6.74. The van der Waals surface area contributed by atoms with Crippen molar-refractivity contribution < 1.29 is 4.74 Å². The molecule has 1 N–H and O–H groups in total. The Morgan fingerprint density at radius 3 is 2.56 bits per heavy atom. The molecule has 1 atom stereocenters. The van der Waals surface area contributed by atoms with Gasteiger partial charge in [-0.25, -0.2) is 9.97 Å². The van der Waals surface area contributed by atoms with E-state index in [9.17, 15) is 0 Å². The molecule has 0 amide bonds. The molecule has 0 saturated heterocycles. The van der Waals surface area contributed by atoms with Crippen molar-refractivity contribution in [2.45, 2.75) is 47.3 Å². The van der Waals surface area contributed by atoms with Crippen molar-refractivity contribution in [1.82, 2.24) is 15.3 Å². The van der Waals surface area contributed by atoms with E-state index in [0.29, 0.717) is 12.5 Å². The molecule has 18 heavy (non-hydrogen) atoms. The first-order chi connectivity index (χ1) is 8.60. The van der Waals surface area contributed by atoms with Crippen LogP contribution in [0.4, 0.5) is 0 Å². The Labute approximate surface area is 110 Å². The molecular weight excluding hydrogens is 226 g/mol. The van der Waals surface area contributed by atoms with E-state index in [2.05, 4.69) is 36.1 Å². The highest BCUT2D eigenvalue weighted by Crippen LogP contribution is 2.23. The van der Waals surface area contributed by atoms with Crippen LogP contribution in [0.3, 0.4) is 0 Å². The van der Waals surface area contributed by atoms with Gasteiger partial charge < -0.3 is 10.1 Å². The van der Waals surface area contributed by atoms with Crippen LogP contribution in [0.25, 0.3) is 0 Å². The molecule has 1 aromatic rings. The minimum atomic E-state index is -0.0121. The third kappa shape index (κ3) is 4.03. The van der Waals surface area contributed by atoms with Gasteiger partial charge in [-0.05, 0) is 26.3 Å². The van der Waals surface area contributed by atoms with E-state index in [1.165, 1.54) is 0 Å². The normalized spacial score (nSPS) is 13.0. The second-order valence-electron chi connectivity index (χ2n) is 4.74. The molecule has 4 nitrogen and oxygen atoms in total. The van der Waals surface area contributed by atoms with Gasteiger partial charge in [0.15, 0.2) is 5.82 Å². The Morgan fingerprint density at radius 1 is 1.33 bits per heavy atom. The molecule has 1 unspecified atom stereocenters. The number of rotatable bonds is 7. The zero-order chi connectivity index (χ0) is 13.5. The number of nitrogens with one attached hydrogen (secondary N) is 1. The van der Waals surface area contributed by atoms with Gasteiger partial charge in [0.2, 0.25) is 0 Å². The van der Waals surface area contributed by atoms with E-state index in [-0.39, 0.29) is 6.10 Å². The molecule has 1 rings (SSSR count). The highest BCUT2D eigenvalue weighted by atomic mass is 16.5. The molecule has 0 saturated carbocycles. The van der Waals surface area contributed by atoms with Gasteiger partial charge in [-0.1, -0.05) is 20.8 Å². The molecule has 4 heteroatoms. The quantitative estimate of drug-likeness (QED) is 0.809. The smallest absolute Gasteiger partial charge is 0.157 e. The van der Waals surface area contributed by atoms with E-state index in [1.807, 2.05) is 20.0 Å². The minimum absolute atomic E-state index is 0.0121. The Balaban J connectivity index is 2.87. The predicted octanol–water partition coefficient (Wildman–Crippen LogP) is 2.63. The molecule has 0 bridgehead atoms. The van der Waals surface area contributed by atoms with Gasteiger partial charge in [0.25, 0.3) is 0 Å². The minimum Gasteiger partial charge on any atom is -0.370 e. The Hall–Kier alpha value is -1.00. The van der Waals surface area contributed by atoms with Crippen molar-refractivity contribution in [3.63, 3.8) is 0 Å². The van der Waals surface area contributed by atoms with Crippen molar-refractivity contribution in [3.05, 3.63) is 23.3 Å². The van der Waals surface area contributed by atoms with Crippen LogP contribution in [-0.4, -0.2) is 23.1 Å². The fourth-order valence-electron chi connectivity index (χ4n) is 1.82. The summed E-state index contributed by atoms with van der Waals surface area (Å²) < 4.78 is 5.72. The van der Waals surface area contributed by atoms with Crippen LogP contribution in [-0.2, 0) is 11.3 Å². The van der Waals surface area contributed by atoms with Crippen molar-refractivity contribution >= 4 is 0 Å². The zero-order valence-electron chi connectivity index (χ0n) is 12.2. The zero-order valence-corrected chi connectivity index (χ0v) is 12.2. The molecule has 0 aliphatic heterocycles. The van der Waals surface area contributed by atoms with Crippen LogP contribution in [0.2, 0.25) is 0 Å². The maximum Gasteiger partial charge on any atom is 0.157 e. The number of hydrogen-bond donors (Lipinski definition) is 1. The molecule has 0 aliphatic rings. The summed E-state index contributed by atoms with van der Waals surface area (Å²) in [6.07, 6.45) is 1.90. The average Bonchev–Trinajstić information content (AvgIpc) is 2.34. The number of nitrogens with zero attached hydrogens (tertiary/aromatic N) is 2. The third-order valence-corrected chi connectivity index (χ3v) is 2.87. The lowest BCUT2D eigenvalue weighted by atomic mass is 10.1. The van der Waals surface area contributed by atoms with Gasteiger partial charge >= 0.3 is 0 Å². The first kappa shape index (κ1) is 15.1. The lowest BCUT2D eigenvalue weighted by Gasteiger charge is -2.20. The van der Waals surface area contributed by atoms with Crippen LogP contribution >= 0.6 is 0 Å². The summed E-state index contributed by atoms with van der Waals surface area (Å²) in [5, 5.41) is 3.29. The van der Waals surface area contributed by atoms with E-state index in [0.717, 1.165) is 30.2 Å². The average molecular weight is 251 g/mol. The fourth-order valence-corrected chi connectivity index (χ4v) is 1.82. The Morgan fingerprint density at radius 2 is 2.06 bits per heavy atom. The second kappa shape index (κ2) is 7.44. The van der Waals surface area contributed by atoms with Crippen LogP contribution in [0.5, 0.6) is 0 Å². The highest BCUT2D eigenvalue weighted by molar-refractivity contribution is 5.16. The highest BCUT2D eigenvalue weighted by Gasteiger charge is 2.19. The summed E-state index contributed by atoms with van der Waals surface area (Å²) >= 11 is 0. The van der Waals surface area contributed by atoms with E-state index >= 15 is 0 Å². The first-order valence-electron chi connectivity index (χ1n) is 6.74. The maximum atomic E-state index is 5.72. The molecule has 1 heterocycles. The van der Waals surface area contributed by atoms with Crippen molar-refractivity contribution in [2.24, 2.45) is 5.92 Å². The predicted molar refractivity (Wildman–Crippen MR) is 73.4 cm³/mol. The Bertz CT molecular complexity index is 366. The Kier molecular flexibility index (Phi) is 6.22. The topological polar surface area (TPSA) is 47.0 Å². The van der Waals surface area contributed by atoms with E-state index in [1.54, 1.807) is 0 Å². The summed E-state index contributed by atoms with van der Waals surface area (Å²) in [7, 11) is 0. The lowest BCUT2D eigenvalue weighted by molar-refractivity contribution is 0.0230. The molecule has 102 valence electrons. The van der Waals surface area contributed by atoms with Gasteiger partial charge in [-0.3, -0.25) is 0 Å². The van der Waals surface area contributed by atoms with Crippen LogP contribution in [0, 0.1) is 12.8 Å². The summed E-state index contributed by atoms with van der Waals surface area (Å²) in [5.41, 5.74) is 2.19. The monoisotopic (exact) mass is 251 g/mol. The number of aryl methyl sites for hydroxylation is 1. The largest absolute Gasteiger partial charge is 0.370 e. The third-order valence-electron chi connectivity index (χ3n) is 2.87. The molecule has 0 radical (unpaired) electrons. The van der Waals surface area contributed by atoms with Gasteiger partial charge in [0.1, 0.15) is 6.10 Å². The van der Waals surface area contributed by atoms with E-state index in [4.69, 9.17) is 4.74 Å². The van der Waals surface area contributed by atoms with Gasteiger partial charge in [0, 0.05) is 30.6 Å². The van der Waals surface area contributed by atoms with Gasteiger partial charge in [0.05, 0.1) is 0 Å². The molecule has 0 aliphatic carbocycles. The summed E-state index contributed by atoms with van der Waals surface area (Å²) in [6, 6.07) is 0. The SMILES string of the molecule is CCNCc1cnc(C(OCC)C(C)C)nc1C. The number of ether oxygens (including phenoxy) is 1. The molecule has 1 aromatic heterocycles. The van der Waals surface area contributed by atoms with Crippen LogP contribution in [0.1, 0.15) is 50.9 Å². The second-order valence-corrected chi connectivity index (χ2v) is 4.74. The summed E-state index contributed by atoms with van der Waals surface area (Å²) in [5.74, 6) is 1.17.